The first-order chi connectivity index (χ1) is 12.4. The summed E-state index contributed by atoms with van der Waals surface area (Å²) in [5.74, 6) is 0.219. The highest BCUT2D eigenvalue weighted by atomic mass is 16.5. The zero-order valence-electron chi connectivity index (χ0n) is 15.1. The van der Waals surface area contributed by atoms with E-state index in [-0.39, 0.29) is 11.5 Å². The summed E-state index contributed by atoms with van der Waals surface area (Å²) < 4.78 is 11.1. The van der Waals surface area contributed by atoms with Gasteiger partial charge in [-0.15, -0.1) is 0 Å². The van der Waals surface area contributed by atoms with E-state index in [1.165, 1.54) is 6.20 Å². The lowest BCUT2D eigenvalue weighted by Gasteiger charge is -2.19. The number of fused-ring (bicyclic) bond motifs is 1. The molecule has 0 aliphatic rings. The molecule has 0 saturated carbocycles. The number of ether oxygens (including phenoxy) is 2. The summed E-state index contributed by atoms with van der Waals surface area (Å²) in [4.78, 5) is 16.5. The molecule has 7 nitrogen and oxygen atoms in total. The number of rotatable bonds is 6. The van der Waals surface area contributed by atoms with Gasteiger partial charge in [0.05, 0.1) is 29.5 Å². The van der Waals surface area contributed by atoms with Crippen molar-refractivity contribution in [3.05, 3.63) is 48.3 Å². The highest BCUT2D eigenvalue weighted by molar-refractivity contribution is 6.04. The van der Waals surface area contributed by atoms with E-state index in [9.17, 15) is 4.79 Å². The minimum absolute atomic E-state index is 0.196. The van der Waals surface area contributed by atoms with Gasteiger partial charge < -0.3 is 14.8 Å². The van der Waals surface area contributed by atoms with E-state index >= 15 is 0 Å². The van der Waals surface area contributed by atoms with Gasteiger partial charge >= 0.3 is 0 Å². The molecule has 2 N–H and O–H groups in total. The fraction of sp³-hybridized carbons (Fsp3) is 0.316. The number of H-pyrrole nitrogens is 1. The van der Waals surface area contributed by atoms with Crippen LogP contribution < -0.4 is 10.1 Å². The molecule has 0 spiro atoms. The standard InChI is InChI=1S/C19H22N4O3/c1-19(2,3)26-9-8-25-17-7-5-14(11-20-17)18(24)22-15-6-4-13-12-21-23-16(13)10-15/h4-7,10-12H,8-9H2,1-3H3,(H,21,23)(H,22,24). The second-order valence-electron chi connectivity index (χ2n) is 6.82. The lowest BCUT2D eigenvalue weighted by molar-refractivity contribution is -0.0168. The van der Waals surface area contributed by atoms with E-state index in [2.05, 4.69) is 20.5 Å². The maximum Gasteiger partial charge on any atom is 0.257 e. The topological polar surface area (TPSA) is 89.1 Å². The molecular weight excluding hydrogens is 332 g/mol. The quantitative estimate of drug-likeness (QED) is 0.662. The zero-order valence-corrected chi connectivity index (χ0v) is 15.1. The molecule has 3 aromatic rings. The largest absolute Gasteiger partial charge is 0.475 e. The van der Waals surface area contributed by atoms with E-state index in [0.717, 1.165) is 10.9 Å². The molecule has 0 aliphatic carbocycles. The number of hydrogen-bond donors (Lipinski definition) is 2. The molecule has 0 fully saturated rings. The molecule has 2 heterocycles. The van der Waals surface area contributed by atoms with Crippen LogP contribution in [-0.4, -0.2) is 39.9 Å². The van der Waals surface area contributed by atoms with Gasteiger partial charge in [0.2, 0.25) is 5.88 Å². The maximum absolute atomic E-state index is 12.3. The molecule has 26 heavy (non-hydrogen) atoms. The van der Waals surface area contributed by atoms with Crippen LogP contribution in [0.2, 0.25) is 0 Å². The number of carbonyl (C=O) groups is 1. The van der Waals surface area contributed by atoms with Gasteiger partial charge in [0.1, 0.15) is 6.61 Å². The Kier molecular flexibility index (Phi) is 5.18. The first-order valence-corrected chi connectivity index (χ1v) is 8.38. The van der Waals surface area contributed by atoms with Crippen molar-refractivity contribution in [2.24, 2.45) is 0 Å². The summed E-state index contributed by atoms with van der Waals surface area (Å²) >= 11 is 0. The molecule has 0 radical (unpaired) electrons. The third kappa shape index (κ3) is 4.80. The smallest absolute Gasteiger partial charge is 0.257 e. The summed E-state index contributed by atoms with van der Waals surface area (Å²) in [5.41, 5.74) is 1.80. The SMILES string of the molecule is CC(C)(C)OCCOc1ccc(C(=O)Nc2ccc3cn[nH]c3c2)cn1. The van der Waals surface area contributed by atoms with Crippen molar-refractivity contribution in [3.8, 4) is 5.88 Å². The van der Waals surface area contributed by atoms with Crippen LogP contribution in [0.3, 0.4) is 0 Å². The Labute approximate surface area is 151 Å². The Morgan fingerprint density at radius 2 is 2.00 bits per heavy atom. The lowest BCUT2D eigenvalue weighted by atomic mass is 10.2. The molecule has 3 rings (SSSR count). The van der Waals surface area contributed by atoms with Gasteiger partial charge in [0, 0.05) is 23.3 Å². The zero-order chi connectivity index (χ0) is 18.6. The molecular formula is C19H22N4O3. The van der Waals surface area contributed by atoms with Gasteiger partial charge in [-0.25, -0.2) is 4.98 Å². The van der Waals surface area contributed by atoms with Crippen molar-refractivity contribution in [1.82, 2.24) is 15.2 Å². The number of nitrogens with one attached hydrogen (secondary N) is 2. The molecule has 136 valence electrons. The summed E-state index contributed by atoms with van der Waals surface area (Å²) in [5, 5.41) is 10.7. The number of amides is 1. The second-order valence-corrected chi connectivity index (χ2v) is 6.82. The van der Waals surface area contributed by atoms with Gasteiger partial charge in [0.25, 0.3) is 5.91 Å². The van der Waals surface area contributed by atoms with Crippen LogP contribution >= 0.6 is 0 Å². The predicted molar refractivity (Wildman–Crippen MR) is 99.5 cm³/mol. The highest BCUT2D eigenvalue weighted by Gasteiger charge is 2.10. The maximum atomic E-state index is 12.3. The average Bonchev–Trinajstić information content (AvgIpc) is 3.06. The van der Waals surface area contributed by atoms with Crippen LogP contribution in [0.15, 0.2) is 42.7 Å². The van der Waals surface area contributed by atoms with Crippen LogP contribution in [0.5, 0.6) is 5.88 Å². The number of aromatic amines is 1. The molecule has 1 aromatic carbocycles. The molecule has 0 atom stereocenters. The third-order valence-corrected chi connectivity index (χ3v) is 3.57. The van der Waals surface area contributed by atoms with Crippen molar-refractivity contribution >= 4 is 22.5 Å². The third-order valence-electron chi connectivity index (χ3n) is 3.57. The van der Waals surface area contributed by atoms with Crippen LogP contribution in [-0.2, 0) is 4.74 Å². The first-order valence-electron chi connectivity index (χ1n) is 8.38. The van der Waals surface area contributed by atoms with Crippen molar-refractivity contribution < 1.29 is 14.3 Å². The van der Waals surface area contributed by atoms with E-state index in [4.69, 9.17) is 9.47 Å². The molecule has 0 bridgehead atoms. The first kappa shape index (κ1) is 17.9. The summed E-state index contributed by atoms with van der Waals surface area (Å²) in [7, 11) is 0. The number of nitrogens with zero attached hydrogens (tertiary/aromatic N) is 2. The number of anilines is 1. The summed E-state index contributed by atoms with van der Waals surface area (Å²) in [6, 6.07) is 8.90. The van der Waals surface area contributed by atoms with Crippen molar-refractivity contribution in [2.75, 3.05) is 18.5 Å². The Bertz CT molecular complexity index is 882. The Balaban J connectivity index is 1.54. The number of aromatic nitrogens is 3. The number of benzene rings is 1. The fourth-order valence-electron chi connectivity index (χ4n) is 2.31. The van der Waals surface area contributed by atoms with E-state index in [1.807, 2.05) is 39.0 Å². The van der Waals surface area contributed by atoms with Gasteiger partial charge in [0.15, 0.2) is 0 Å². The van der Waals surface area contributed by atoms with Crippen LogP contribution in [0.1, 0.15) is 31.1 Å². The summed E-state index contributed by atoms with van der Waals surface area (Å²) in [6.07, 6.45) is 3.22. The molecule has 2 aromatic heterocycles. The van der Waals surface area contributed by atoms with Gasteiger partial charge in [-0.3, -0.25) is 9.89 Å². The fourth-order valence-corrected chi connectivity index (χ4v) is 2.31. The molecule has 1 amide bonds. The van der Waals surface area contributed by atoms with Crippen LogP contribution in [0, 0.1) is 0 Å². The van der Waals surface area contributed by atoms with Crippen LogP contribution in [0.25, 0.3) is 10.9 Å². The van der Waals surface area contributed by atoms with E-state index in [0.29, 0.717) is 30.3 Å². The Morgan fingerprint density at radius 1 is 1.15 bits per heavy atom. The molecule has 0 unspecified atom stereocenters. The van der Waals surface area contributed by atoms with Crippen LogP contribution in [0.4, 0.5) is 5.69 Å². The van der Waals surface area contributed by atoms with Gasteiger partial charge in [-0.05, 0) is 45.0 Å². The van der Waals surface area contributed by atoms with E-state index in [1.54, 1.807) is 18.3 Å². The minimum Gasteiger partial charge on any atom is -0.475 e. The van der Waals surface area contributed by atoms with Gasteiger partial charge in [-0.2, -0.15) is 5.10 Å². The van der Waals surface area contributed by atoms with Gasteiger partial charge in [-0.1, -0.05) is 0 Å². The number of pyridine rings is 1. The molecule has 0 saturated heterocycles. The molecule has 0 aliphatic heterocycles. The minimum atomic E-state index is -0.237. The Morgan fingerprint density at radius 3 is 2.73 bits per heavy atom. The monoisotopic (exact) mass is 354 g/mol. The number of carbonyl (C=O) groups excluding carboxylic acids is 1. The normalized spacial score (nSPS) is 11.5. The van der Waals surface area contributed by atoms with Crippen molar-refractivity contribution in [2.45, 2.75) is 26.4 Å². The Hall–Kier alpha value is -2.93. The number of hydrogen-bond acceptors (Lipinski definition) is 5. The van der Waals surface area contributed by atoms with Crippen molar-refractivity contribution in [3.63, 3.8) is 0 Å². The lowest BCUT2D eigenvalue weighted by Crippen LogP contribution is -2.22. The molecule has 7 heteroatoms. The average molecular weight is 354 g/mol. The van der Waals surface area contributed by atoms with Crippen molar-refractivity contribution in [1.29, 1.82) is 0 Å². The summed E-state index contributed by atoms with van der Waals surface area (Å²) in [6.45, 7) is 6.84. The predicted octanol–water partition coefficient (Wildman–Crippen LogP) is 3.40. The second kappa shape index (κ2) is 7.53. The highest BCUT2D eigenvalue weighted by Crippen LogP contribution is 2.17. The van der Waals surface area contributed by atoms with E-state index < -0.39 is 0 Å².